The largest absolute Gasteiger partial charge is 0.478 e. The predicted octanol–water partition coefficient (Wildman–Crippen LogP) is 3.43. The number of carboxylic acids is 1. The highest BCUT2D eigenvalue weighted by Gasteiger charge is 2.32. The predicted molar refractivity (Wildman–Crippen MR) is 81.6 cm³/mol. The van der Waals surface area contributed by atoms with E-state index in [-0.39, 0.29) is 16.9 Å². The Morgan fingerprint density at radius 3 is 2.71 bits per heavy atom. The fraction of sp³-hybridized carbons (Fsp3) is 0.529. The molecule has 1 N–H and O–H groups in total. The first-order valence-electron chi connectivity index (χ1n) is 7.58. The third-order valence-electron chi connectivity index (χ3n) is 4.28. The third-order valence-corrected chi connectivity index (χ3v) is 4.28. The summed E-state index contributed by atoms with van der Waals surface area (Å²) in [5.41, 5.74) is 0.817. The van der Waals surface area contributed by atoms with Gasteiger partial charge >= 0.3 is 5.97 Å². The van der Waals surface area contributed by atoms with E-state index in [1.807, 2.05) is 4.90 Å². The molecule has 114 valence electrons. The Labute approximate surface area is 125 Å². The van der Waals surface area contributed by atoms with Crippen LogP contribution in [0.1, 0.15) is 60.2 Å². The molecule has 0 saturated carbocycles. The Hall–Kier alpha value is -1.84. The number of benzene rings is 1. The van der Waals surface area contributed by atoms with Crippen LogP contribution in [0.25, 0.3) is 0 Å². The van der Waals surface area contributed by atoms with Crippen LogP contribution in [-0.2, 0) is 0 Å². The van der Waals surface area contributed by atoms with E-state index in [1.165, 1.54) is 12.1 Å². The van der Waals surface area contributed by atoms with Crippen molar-refractivity contribution in [1.29, 1.82) is 0 Å². The molecule has 1 amide bonds. The van der Waals surface area contributed by atoms with Crippen LogP contribution in [0.5, 0.6) is 0 Å². The number of amides is 1. The maximum absolute atomic E-state index is 12.6. The molecule has 0 aliphatic carbocycles. The van der Waals surface area contributed by atoms with Crippen LogP contribution in [0.15, 0.2) is 24.3 Å². The summed E-state index contributed by atoms with van der Waals surface area (Å²) in [6.45, 7) is 5.93. The van der Waals surface area contributed by atoms with Gasteiger partial charge in [-0.25, -0.2) is 4.79 Å². The zero-order chi connectivity index (χ0) is 15.5. The lowest BCUT2D eigenvalue weighted by Gasteiger charge is -2.40. The smallest absolute Gasteiger partial charge is 0.335 e. The molecule has 0 bridgehead atoms. The summed E-state index contributed by atoms with van der Waals surface area (Å²) in [6.07, 6.45) is 4.40. The third kappa shape index (κ3) is 3.63. The van der Waals surface area contributed by atoms with Crippen LogP contribution in [0.2, 0.25) is 0 Å². The van der Waals surface area contributed by atoms with Crippen LogP contribution >= 0.6 is 0 Å². The minimum Gasteiger partial charge on any atom is -0.478 e. The number of hydrogen-bond acceptors (Lipinski definition) is 2. The summed E-state index contributed by atoms with van der Waals surface area (Å²) in [5.74, 6) is -1.06. The minimum atomic E-state index is -1.00. The number of nitrogens with zero attached hydrogens (tertiary/aromatic N) is 1. The van der Waals surface area contributed by atoms with Gasteiger partial charge in [-0.1, -0.05) is 26.3 Å². The first kappa shape index (κ1) is 15.5. The molecule has 4 heteroatoms. The highest BCUT2D eigenvalue weighted by molar-refractivity contribution is 5.97. The van der Waals surface area contributed by atoms with Crippen LogP contribution < -0.4 is 0 Å². The fourth-order valence-electron chi connectivity index (χ4n) is 3.26. The molecule has 1 heterocycles. The maximum Gasteiger partial charge on any atom is 0.335 e. The molecular formula is C17H23NO3. The number of carboxylic acid groups (broad SMARTS) is 1. The molecule has 0 radical (unpaired) electrons. The quantitative estimate of drug-likeness (QED) is 0.924. The summed E-state index contributed by atoms with van der Waals surface area (Å²) in [4.78, 5) is 25.5. The van der Waals surface area contributed by atoms with Gasteiger partial charge in [-0.15, -0.1) is 0 Å². The molecule has 1 aromatic carbocycles. The van der Waals surface area contributed by atoms with E-state index in [4.69, 9.17) is 5.11 Å². The van der Waals surface area contributed by atoms with E-state index < -0.39 is 5.97 Å². The molecule has 1 atom stereocenters. The van der Waals surface area contributed by atoms with Gasteiger partial charge in [-0.3, -0.25) is 4.79 Å². The van der Waals surface area contributed by atoms with Crippen LogP contribution in [-0.4, -0.2) is 35.0 Å². The SMILES string of the molecule is CCCC1(C)CCCN(C(=O)c2cccc(C(=O)O)c2)C1. The van der Waals surface area contributed by atoms with Crippen LogP contribution in [0.4, 0.5) is 0 Å². The van der Waals surface area contributed by atoms with Crippen molar-refractivity contribution in [3.63, 3.8) is 0 Å². The maximum atomic E-state index is 12.6. The van der Waals surface area contributed by atoms with E-state index in [2.05, 4.69) is 13.8 Å². The molecule has 4 nitrogen and oxygen atoms in total. The lowest BCUT2D eigenvalue weighted by atomic mass is 9.78. The standard InChI is InChI=1S/C17H23NO3/c1-3-8-17(2)9-5-10-18(12-17)15(19)13-6-4-7-14(11-13)16(20)21/h4,6-7,11H,3,5,8-10,12H2,1-2H3,(H,20,21). The van der Waals surface area contributed by atoms with E-state index in [9.17, 15) is 9.59 Å². The number of hydrogen-bond donors (Lipinski definition) is 1. The first-order chi connectivity index (χ1) is 9.95. The molecular weight excluding hydrogens is 266 g/mol. The molecule has 0 spiro atoms. The van der Waals surface area contributed by atoms with Gasteiger partial charge < -0.3 is 10.0 Å². The molecule has 1 aliphatic rings. The van der Waals surface area contributed by atoms with Gasteiger partial charge in [-0.2, -0.15) is 0 Å². The van der Waals surface area contributed by atoms with Gasteiger partial charge in [-0.05, 0) is 42.9 Å². The molecule has 1 fully saturated rings. The Balaban J connectivity index is 2.16. The van der Waals surface area contributed by atoms with Crippen molar-refractivity contribution in [3.8, 4) is 0 Å². The number of piperidine rings is 1. The van der Waals surface area contributed by atoms with Crippen molar-refractivity contribution in [2.24, 2.45) is 5.41 Å². The zero-order valence-electron chi connectivity index (χ0n) is 12.8. The van der Waals surface area contributed by atoms with Crippen molar-refractivity contribution in [2.45, 2.75) is 39.5 Å². The van der Waals surface area contributed by atoms with E-state index in [0.717, 1.165) is 38.8 Å². The lowest BCUT2D eigenvalue weighted by Crippen LogP contribution is -2.44. The normalized spacial score (nSPS) is 22.1. The molecule has 1 unspecified atom stereocenters. The van der Waals surface area contributed by atoms with Crippen molar-refractivity contribution in [3.05, 3.63) is 35.4 Å². The number of likely N-dealkylation sites (tertiary alicyclic amines) is 1. The second-order valence-electron chi connectivity index (χ2n) is 6.28. The number of aromatic carboxylic acids is 1. The van der Waals surface area contributed by atoms with E-state index in [0.29, 0.717) is 5.56 Å². The van der Waals surface area contributed by atoms with Gasteiger partial charge in [0.05, 0.1) is 5.56 Å². The van der Waals surface area contributed by atoms with Crippen LogP contribution in [0, 0.1) is 5.41 Å². The first-order valence-corrected chi connectivity index (χ1v) is 7.58. The van der Waals surface area contributed by atoms with Crippen molar-refractivity contribution in [2.75, 3.05) is 13.1 Å². The summed E-state index contributed by atoms with van der Waals surface area (Å²) >= 11 is 0. The molecule has 21 heavy (non-hydrogen) atoms. The van der Waals surface area contributed by atoms with Gasteiger partial charge in [0.2, 0.25) is 0 Å². The summed E-state index contributed by atoms with van der Waals surface area (Å²) in [6, 6.07) is 6.30. The molecule has 1 saturated heterocycles. The monoisotopic (exact) mass is 289 g/mol. The molecule has 1 aromatic rings. The van der Waals surface area contributed by atoms with Crippen molar-refractivity contribution in [1.82, 2.24) is 4.90 Å². The average Bonchev–Trinajstić information content (AvgIpc) is 2.46. The van der Waals surface area contributed by atoms with Crippen molar-refractivity contribution < 1.29 is 14.7 Å². The highest BCUT2D eigenvalue weighted by Crippen LogP contribution is 2.34. The fourth-order valence-corrected chi connectivity index (χ4v) is 3.26. The topological polar surface area (TPSA) is 57.6 Å². The Bertz CT molecular complexity index is 537. The van der Waals surface area contributed by atoms with Gasteiger partial charge in [0.15, 0.2) is 0 Å². The Morgan fingerprint density at radius 1 is 1.33 bits per heavy atom. The second-order valence-corrected chi connectivity index (χ2v) is 6.28. The zero-order valence-corrected chi connectivity index (χ0v) is 12.8. The van der Waals surface area contributed by atoms with Crippen molar-refractivity contribution >= 4 is 11.9 Å². The molecule has 2 rings (SSSR count). The Morgan fingerprint density at radius 2 is 2.05 bits per heavy atom. The van der Waals surface area contributed by atoms with Gasteiger partial charge in [0.25, 0.3) is 5.91 Å². The molecule has 1 aliphatic heterocycles. The van der Waals surface area contributed by atoms with Crippen LogP contribution in [0.3, 0.4) is 0 Å². The average molecular weight is 289 g/mol. The summed E-state index contributed by atoms with van der Waals surface area (Å²) in [7, 11) is 0. The second kappa shape index (κ2) is 6.29. The lowest BCUT2D eigenvalue weighted by molar-refractivity contribution is 0.0530. The van der Waals surface area contributed by atoms with Gasteiger partial charge in [0, 0.05) is 18.7 Å². The number of carbonyl (C=O) groups is 2. The number of carbonyl (C=O) groups excluding carboxylic acids is 1. The van der Waals surface area contributed by atoms with E-state index >= 15 is 0 Å². The summed E-state index contributed by atoms with van der Waals surface area (Å²) < 4.78 is 0. The van der Waals surface area contributed by atoms with E-state index in [1.54, 1.807) is 12.1 Å². The number of rotatable bonds is 4. The molecule has 0 aromatic heterocycles. The highest BCUT2D eigenvalue weighted by atomic mass is 16.4. The summed E-state index contributed by atoms with van der Waals surface area (Å²) in [5, 5.41) is 9.03. The minimum absolute atomic E-state index is 0.0554. The van der Waals surface area contributed by atoms with Gasteiger partial charge in [0.1, 0.15) is 0 Å². The Kier molecular flexibility index (Phi) is 4.66.